The summed E-state index contributed by atoms with van der Waals surface area (Å²) in [6.07, 6.45) is 8.42. The fourth-order valence-corrected chi connectivity index (χ4v) is 5.41. The number of nitrogens with zero attached hydrogens (tertiary/aromatic N) is 5. The smallest absolute Gasteiger partial charge is 0.213 e. The number of anilines is 1. The monoisotopic (exact) mass is 538 g/mol. The molecule has 3 heterocycles. The third kappa shape index (κ3) is 6.46. The Bertz CT molecular complexity index is 1200. The Morgan fingerprint density at radius 1 is 1.19 bits per heavy atom. The molecule has 0 aliphatic carbocycles. The minimum atomic E-state index is -3.46. The maximum Gasteiger partial charge on any atom is 0.213 e. The van der Waals surface area contributed by atoms with Gasteiger partial charge in [-0.05, 0) is 19.4 Å². The minimum Gasteiger partial charge on any atom is -0.490 e. The molecule has 13 heteroatoms. The van der Waals surface area contributed by atoms with Gasteiger partial charge in [0.05, 0.1) is 25.0 Å². The molecule has 0 amide bonds. The molecular formula is C24H32F2N6O4S. The summed E-state index contributed by atoms with van der Waals surface area (Å²) in [6.45, 7) is 3.83. The second-order valence-electron chi connectivity index (χ2n) is 8.78. The highest BCUT2D eigenvalue weighted by Crippen LogP contribution is 2.35. The molecule has 0 aromatic heterocycles. The van der Waals surface area contributed by atoms with Crippen LogP contribution in [0.1, 0.15) is 19.8 Å². The van der Waals surface area contributed by atoms with Gasteiger partial charge in [-0.1, -0.05) is 0 Å². The molecule has 1 atom stereocenters. The predicted molar refractivity (Wildman–Crippen MR) is 138 cm³/mol. The van der Waals surface area contributed by atoms with E-state index in [-0.39, 0.29) is 43.7 Å². The van der Waals surface area contributed by atoms with Gasteiger partial charge in [-0.3, -0.25) is 20.0 Å². The third-order valence-electron chi connectivity index (χ3n) is 6.35. The first-order valence-corrected chi connectivity index (χ1v) is 13.7. The van der Waals surface area contributed by atoms with Crippen LogP contribution in [0.2, 0.25) is 0 Å². The fourth-order valence-electron chi connectivity index (χ4n) is 4.43. The molecule has 0 spiro atoms. The summed E-state index contributed by atoms with van der Waals surface area (Å²) in [4.78, 5) is 10.8. The van der Waals surface area contributed by atoms with Crippen LogP contribution in [0.15, 0.2) is 45.7 Å². The maximum absolute atomic E-state index is 14.6. The number of aliphatic imine (C=N–C) groups is 2. The number of benzene rings is 1. The van der Waals surface area contributed by atoms with Gasteiger partial charge in [-0.25, -0.2) is 17.5 Å². The Kier molecular flexibility index (Phi) is 8.77. The van der Waals surface area contributed by atoms with Crippen molar-refractivity contribution in [3.8, 4) is 5.75 Å². The normalized spacial score (nSPS) is 19.6. The summed E-state index contributed by atoms with van der Waals surface area (Å²) in [5, 5.41) is 4.11. The zero-order chi connectivity index (χ0) is 26.4. The highest BCUT2D eigenvalue weighted by Gasteiger charge is 2.32. The van der Waals surface area contributed by atoms with Gasteiger partial charge in [0.1, 0.15) is 13.3 Å². The van der Waals surface area contributed by atoms with Crippen molar-refractivity contribution in [3.63, 3.8) is 0 Å². The van der Waals surface area contributed by atoms with E-state index in [0.29, 0.717) is 32.0 Å². The Labute approximate surface area is 216 Å². The lowest BCUT2D eigenvalue weighted by Crippen LogP contribution is -2.49. The number of halogens is 2. The topological polar surface area (TPSA) is 99.1 Å². The van der Waals surface area contributed by atoms with Crippen LogP contribution in [0.5, 0.6) is 5.75 Å². The summed E-state index contributed by atoms with van der Waals surface area (Å²) < 4.78 is 65.4. The van der Waals surface area contributed by atoms with Crippen LogP contribution >= 0.6 is 0 Å². The molecule has 1 aromatic carbocycles. The van der Waals surface area contributed by atoms with Crippen LogP contribution in [0.3, 0.4) is 0 Å². The van der Waals surface area contributed by atoms with E-state index in [1.54, 1.807) is 6.21 Å². The SMILES string of the molecule is COCCS(=O)(=O)NCCCOc1cc(N2CCC3=C(C=NCN3N3C=CC=NC3)C2C)cc(F)c1F. The van der Waals surface area contributed by atoms with E-state index in [0.717, 1.165) is 11.3 Å². The standard InChI is InChI=1S/C24H32F2N6O4S/c1-18-20-15-28-17-32(30-8-3-6-27-16-30)22(20)5-9-31(18)19-13-21(25)24(26)23(14-19)36-10-4-7-29-37(33,34)12-11-35-2/h3,6,8,13-15,18,29H,4-5,7,9-12,16-17H2,1-2H3. The number of rotatable bonds is 11. The van der Waals surface area contributed by atoms with Crippen LogP contribution in [0, 0.1) is 11.6 Å². The van der Waals surface area contributed by atoms with E-state index in [2.05, 4.69) is 19.7 Å². The lowest BCUT2D eigenvalue weighted by molar-refractivity contribution is 0.0576. The van der Waals surface area contributed by atoms with Gasteiger partial charge >= 0.3 is 0 Å². The molecule has 1 aromatic rings. The molecule has 1 unspecified atom stereocenters. The Balaban J connectivity index is 1.42. The van der Waals surface area contributed by atoms with E-state index in [9.17, 15) is 17.2 Å². The van der Waals surface area contributed by atoms with Gasteiger partial charge < -0.3 is 14.4 Å². The zero-order valence-electron chi connectivity index (χ0n) is 20.9. The predicted octanol–water partition coefficient (Wildman–Crippen LogP) is 2.27. The van der Waals surface area contributed by atoms with Crippen molar-refractivity contribution in [1.29, 1.82) is 0 Å². The van der Waals surface area contributed by atoms with Crippen molar-refractivity contribution in [2.45, 2.75) is 25.8 Å². The number of sulfonamides is 1. The number of hydrogen-bond donors (Lipinski definition) is 1. The number of ether oxygens (including phenoxy) is 2. The van der Waals surface area contributed by atoms with Crippen molar-refractivity contribution >= 4 is 28.1 Å². The molecule has 3 aliphatic rings. The summed E-state index contributed by atoms with van der Waals surface area (Å²) in [6, 6.07) is 2.53. The van der Waals surface area contributed by atoms with E-state index in [4.69, 9.17) is 9.47 Å². The Morgan fingerprint density at radius 2 is 2.03 bits per heavy atom. The summed E-state index contributed by atoms with van der Waals surface area (Å²) in [5.41, 5.74) is 2.64. The van der Waals surface area contributed by atoms with Gasteiger partial charge in [0.2, 0.25) is 15.8 Å². The van der Waals surface area contributed by atoms with E-state index in [1.807, 2.05) is 35.3 Å². The first-order chi connectivity index (χ1) is 17.8. The van der Waals surface area contributed by atoms with Crippen molar-refractivity contribution in [3.05, 3.63) is 47.3 Å². The zero-order valence-corrected chi connectivity index (χ0v) is 21.8. The molecule has 1 N–H and O–H groups in total. The molecule has 4 rings (SSSR count). The summed E-state index contributed by atoms with van der Waals surface area (Å²) in [7, 11) is -2.03. The average molecular weight is 539 g/mol. The van der Waals surface area contributed by atoms with E-state index >= 15 is 0 Å². The van der Waals surface area contributed by atoms with Crippen molar-refractivity contribution in [1.82, 2.24) is 14.7 Å². The Hall–Kier alpha value is -3.03. The van der Waals surface area contributed by atoms with Gasteiger partial charge in [-0.15, -0.1) is 0 Å². The minimum absolute atomic E-state index is 0.0188. The quantitative estimate of drug-likeness (QED) is 0.432. The third-order valence-corrected chi connectivity index (χ3v) is 7.70. The number of allylic oxidation sites excluding steroid dienone is 1. The van der Waals surface area contributed by atoms with Gasteiger partial charge in [0, 0.05) is 74.3 Å². The van der Waals surface area contributed by atoms with Gasteiger partial charge in [-0.2, -0.15) is 4.39 Å². The molecule has 37 heavy (non-hydrogen) atoms. The molecular weight excluding hydrogens is 506 g/mol. The molecule has 0 bridgehead atoms. The maximum atomic E-state index is 14.6. The number of nitrogens with one attached hydrogen (secondary N) is 1. The van der Waals surface area contributed by atoms with Crippen molar-refractivity contribution in [2.24, 2.45) is 9.98 Å². The van der Waals surface area contributed by atoms with Crippen LogP contribution in [-0.4, -0.2) is 89.4 Å². The van der Waals surface area contributed by atoms with E-state index < -0.39 is 21.7 Å². The van der Waals surface area contributed by atoms with Crippen LogP contribution < -0.4 is 14.4 Å². The van der Waals surface area contributed by atoms with Crippen molar-refractivity contribution in [2.75, 3.05) is 57.4 Å². The number of methoxy groups -OCH3 is 1. The van der Waals surface area contributed by atoms with Crippen molar-refractivity contribution < 1.29 is 26.7 Å². The molecule has 10 nitrogen and oxygen atoms in total. The lowest BCUT2D eigenvalue weighted by atomic mass is 9.96. The fraction of sp³-hybridized carbons (Fsp3) is 0.500. The van der Waals surface area contributed by atoms with Crippen LogP contribution in [0.25, 0.3) is 0 Å². The number of hydrazine groups is 1. The second kappa shape index (κ2) is 12.0. The molecule has 0 saturated carbocycles. The Morgan fingerprint density at radius 3 is 2.78 bits per heavy atom. The molecule has 0 saturated heterocycles. The van der Waals surface area contributed by atoms with Gasteiger partial charge in [0.25, 0.3) is 0 Å². The summed E-state index contributed by atoms with van der Waals surface area (Å²) >= 11 is 0. The first kappa shape index (κ1) is 27.0. The first-order valence-electron chi connectivity index (χ1n) is 12.1. The molecule has 0 radical (unpaired) electrons. The lowest BCUT2D eigenvalue weighted by Gasteiger charge is -2.45. The second-order valence-corrected chi connectivity index (χ2v) is 10.7. The average Bonchev–Trinajstić information content (AvgIpc) is 2.90. The van der Waals surface area contributed by atoms with Crippen LogP contribution in [0.4, 0.5) is 14.5 Å². The highest BCUT2D eigenvalue weighted by atomic mass is 32.2. The van der Waals surface area contributed by atoms with Crippen LogP contribution in [-0.2, 0) is 14.8 Å². The molecule has 3 aliphatic heterocycles. The largest absolute Gasteiger partial charge is 0.490 e. The van der Waals surface area contributed by atoms with E-state index in [1.165, 1.54) is 19.2 Å². The molecule has 0 fully saturated rings. The molecule has 202 valence electrons. The highest BCUT2D eigenvalue weighted by molar-refractivity contribution is 7.89. The van der Waals surface area contributed by atoms with Gasteiger partial charge in [0.15, 0.2) is 11.6 Å². The number of hydrogen-bond acceptors (Lipinski definition) is 9. The summed E-state index contributed by atoms with van der Waals surface area (Å²) in [5.74, 6) is -2.44.